The third-order valence-electron chi connectivity index (χ3n) is 4.24. The Morgan fingerprint density at radius 2 is 1.92 bits per heavy atom. The van der Waals surface area contributed by atoms with Crippen LogP contribution >= 0.6 is 11.8 Å². The van der Waals surface area contributed by atoms with Crippen LogP contribution in [0.2, 0.25) is 0 Å². The number of aliphatic carboxylic acids is 1. The molecule has 0 unspecified atom stereocenters. The number of carboxylic acids is 1. The first kappa shape index (κ1) is 18.2. The molecule has 2 aliphatic rings. The number of carbonyl (C=O) groups excluding carboxylic acids is 3. The fraction of sp³-hybridized carbons (Fsp3) is 0.375. The van der Waals surface area contributed by atoms with Gasteiger partial charge in [-0.3, -0.25) is 14.4 Å². The summed E-state index contributed by atoms with van der Waals surface area (Å²) in [6.07, 6.45) is 0.439. The number of anilines is 1. The van der Waals surface area contributed by atoms with Crippen molar-refractivity contribution in [2.24, 2.45) is 0 Å². The van der Waals surface area contributed by atoms with E-state index in [4.69, 9.17) is 5.11 Å². The van der Waals surface area contributed by atoms with E-state index < -0.39 is 35.8 Å². The lowest BCUT2D eigenvalue weighted by atomic mass is 10.0. The third kappa shape index (κ3) is 3.50. The maximum atomic E-state index is 13.1. The highest BCUT2D eigenvalue weighted by atomic mass is 32.2. The number of nitrogens with one attached hydrogen (secondary N) is 1. The molecule has 8 nitrogen and oxygen atoms in total. The van der Waals surface area contributed by atoms with Crippen LogP contribution in [0.3, 0.4) is 0 Å². The Bertz CT molecular complexity index is 757. The largest absolute Gasteiger partial charge is 0.481 e. The number of thioether (sulfide) groups is 1. The smallest absolute Gasteiger partial charge is 0.329 e. The molecule has 1 aromatic carbocycles. The van der Waals surface area contributed by atoms with Gasteiger partial charge in [0.05, 0.1) is 23.2 Å². The van der Waals surface area contributed by atoms with Crippen molar-refractivity contribution in [2.75, 3.05) is 23.0 Å². The van der Waals surface area contributed by atoms with E-state index in [-0.39, 0.29) is 23.1 Å². The predicted octanol–water partition coefficient (Wildman–Crippen LogP) is 0.669. The molecule has 3 rings (SSSR count). The van der Waals surface area contributed by atoms with E-state index in [1.165, 1.54) is 17.0 Å². The number of nitrogens with zero attached hydrogens (tertiary/aromatic N) is 2. The summed E-state index contributed by atoms with van der Waals surface area (Å²) < 4.78 is 13.1. The molecule has 0 spiro atoms. The predicted molar refractivity (Wildman–Crippen MR) is 91.3 cm³/mol. The maximum Gasteiger partial charge on any atom is 0.329 e. The number of amides is 4. The average Bonchev–Trinajstić information content (AvgIpc) is 3.00. The number of rotatable bonds is 5. The van der Waals surface area contributed by atoms with E-state index in [1.54, 1.807) is 0 Å². The topological polar surface area (TPSA) is 107 Å². The van der Waals surface area contributed by atoms with Gasteiger partial charge in [-0.15, -0.1) is 11.8 Å². The molecule has 138 valence electrons. The molecule has 10 heteroatoms. The molecule has 0 saturated carbocycles. The van der Waals surface area contributed by atoms with Crippen LogP contribution in [0.15, 0.2) is 24.3 Å². The molecule has 0 bridgehead atoms. The fourth-order valence-electron chi connectivity index (χ4n) is 3.13. The summed E-state index contributed by atoms with van der Waals surface area (Å²) in [5.41, 5.74) is 0.215. The van der Waals surface area contributed by atoms with Crippen molar-refractivity contribution in [2.45, 2.75) is 18.5 Å². The van der Waals surface area contributed by atoms with E-state index in [0.717, 1.165) is 28.8 Å². The van der Waals surface area contributed by atoms with Gasteiger partial charge in [-0.1, -0.05) is 0 Å². The van der Waals surface area contributed by atoms with Gasteiger partial charge in [0.15, 0.2) is 0 Å². The number of benzene rings is 1. The molecule has 0 aromatic heterocycles. The van der Waals surface area contributed by atoms with Crippen molar-refractivity contribution in [3.05, 3.63) is 30.1 Å². The first-order chi connectivity index (χ1) is 12.4. The van der Waals surface area contributed by atoms with Gasteiger partial charge in [0.2, 0.25) is 5.91 Å². The Morgan fingerprint density at radius 1 is 1.23 bits per heavy atom. The van der Waals surface area contributed by atoms with Crippen LogP contribution in [0.4, 0.5) is 14.9 Å². The van der Waals surface area contributed by atoms with Crippen LogP contribution in [0.1, 0.15) is 6.42 Å². The molecule has 1 aromatic rings. The minimum absolute atomic E-state index is 0.0622. The highest BCUT2D eigenvalue weighted by molar-refractivity contribution is 8.00. The maximum absolute atomic E-state index is 13.1. The number of hydrogen-bond acceptors (Lipinski definition) is 5. The minimum Gasteiger partial charge on any atom is -0.481 e. The molecule has 2 fully saturated rings. The average molecular weight is 381 g/mol. The van der Waals surface area contributed by atoms with Crippen LogP contribution < -0.4 is 10.2 Å². The van der Waals surface area contributed by atoms with E-state index in [9.17, 15) is 23.6 Å². The number of halogens is 1. The summed E-state index contributed by atoms with van der Waals surface area (Å²) >= 11 is 0.952. The summed E-state index contributed by atoms with van der Waals surface area (Å²) in [5.74, 6) is -2.70. The lowest BCUT2D eigenvalue weighted by Crippen LogP contribution is -2.65. The second-order valence-electron chi connectivity index (χ2n) is 5.91. The molecule has 0 aliphatic carbocycles. The summed E-state index contributed by atoms with van der Waals surface area (Å²) in [4.78, 5) is 50.4. The monoisotopic (exact) mass is 381 g/mol. The zero-order valence-corrected chi connectivity index (χ0v) is 14.4. The van der Waals surface area contributed by atoms with E-state index >= 15 is 0 Å². The molecule has 26 heavy (non-hydrogen) atoms. The first-order valence-corrected chi connectivity index (χ1v) is 9.03. The number of imide groups is 1. The second kappa shape index (κ2) is 7.32. The summed E-state index contributed by atoms with van der Waals surface area (Å²) in [7, 11) is 0. The molecule has 2 atom stereocenters. The van der Waals surface area contributed by atoms with E-state index in [1.807, 2.05) is 0 Å². The van der Waals surface area contributed by atoms with Crippen LogP contribution in [0.25, 0.3) is 0 Å². The normalized spacial score (nSPS) is 22.2. The number of likely N-dealkylation sites (tertiary alicyclic amines) is 1. The molecule has 0 radical (unpaired) electrons. The van der Waals surface area contributed by atoms with Gasteiger partial charge < -0.3 is 15.3 Å². The van der Waals surface area contributed by atoms with E-state index in [2.05, 4.69) is 5.32 Å². The van der Waals surface area contributed by atoms with Crippen molar-refractivity contribution < 1.29 is 28.7 Å². The highest BCUT2D eigenvalue weighted by Crippen LogP contribution is 2.28. The van der Waals surface area contributed by atoms with Gasteiger partial charge in [-0.05, 0) is 30.7 Å². The molecular formula is C16H16FN3O5S. The minimum atomic E-state index is -1.02. The number of hydrogen-bond donors (Lipinski definition) is 2. The van der Waals surface area contributed by atoms with Gasteiger partial charge in [-0.2, -0.15) is 0 Å². The van der Waals surface area contributed by atoms with Gasteiger partial charge >= 0.3 is 12.0 Å². The van der Waals surface area contributed by atoms with Crippen LogP contribution in [-0.4, -0.2) is 64.0 Å². The number of carbonyl (C=O) groups is 4. The van der Waals surface area contributed by atoms with Gasteiger partial charge in [0, 0.05) is 6.54 Å². The number of urea groups is 1. The van der Waals surface area contributed by atoms with Crippen molar-refractivity contribution in [3.63, 3.8) is 0 Å². The fourth-order valence-corrected chi connectivity index (χ4v) is 3.74. The van der Waals surface area contributed by atoms with E-state index in [0.29, 0.717) is 13.0 Å². The molecule has 2 aliphatic heterocycles. The van der Waals surface area contributed by atoms with Gasteiger partial charge in [0.1, 0.15) is 11.9 Å². The van der Waals surface area contributed by atoms with Gasteiger partial charge in [-0.25, -0.2) is 14.1 Å². The van der Waals surface area contributed by atoms with Crippen LogP contribution in [0.5, 0.6) is 0 Å². The summed E-state index contributed by atoms with van der Waals surface area (Å²) in [5, 5.41) is 11.4. The van der Waals surface area contributed by atoms with Crippen molar-refractivity contribution in [3.8, 4) is 0 Å². The zero-order chi connectivity index (χ0) is 18.8. The standard InChI is InChI=1S/C16H16FN3O5S/c17-9-1-3-10(4-2-9)20-15(24)14-11(18-16(20)25)5-6-19(14)12(21)7-26-8-13(22)23/h1-4,11,14H,5-8H2,(H,18,25)(H,22,23)/t11-,14-/m1/s1. The Labute approximate surface area is 152 Å². The highest BCUT2D eigenvalue weighted by Gasteiger charge is 2.49. The molecular weight excluding hydrogens is 365 g/mol. The Kier molecular flexibility index (Phi) is 5.12. The Hall–Kier alpha value is -2.62. The quantitative estimate of drug-likeness (QED) is 0.776. The molecule has 2 N–H and O–H groups in total. The number of carboxylic acid groups (broad SMARTS) is 1. The van der Waals surface area contributed by atoms with Crippen LogP contribution in [0, 0.1) is 5.82 Å². The van der Waals surface area contributed by atoms with Crippen molar-refractivity contribution in [1.82, 2.24) is 10.2 Å². The molecule has 2 saturated heterocycles. The number of fused-ring (bicyclic) bond motifs is 1. The van der Waals surface area contributed by atoms with Gasteiger partial charge in [0.25, 0.3) is 5.91 Å². The summed E-state index contributed by atoms with van der Waals surface area (Å²) in [6.45, 7) is 0.297. The zero-order valence-electron chi connectivity index (χ0n) is 13.6. The van der Waals surface area contributed by atoms with Crippen molar-refractivity contribution in [1.29, 1.82) is 0 Å². The first-order valence-electron chi connectivity index (χ1n) is 7.87. The third-order valence-corrected chi connectivity index (χ3v) is 5.14. The van der Waals surface area contributed by atoms with Crippen molar-refractivity contribution >= 4 is 41.3 Å². The second-order valence-corrected chi connectivity index (χ2v) is 6.90. The van der Waals surface area contributed by atoms with Crippen LogP contribution in [-0.2, 0) is 14.4 Å². The molecule has 4 amide bonds. The summed E-state index contributed by atoms with van der Waals surface area (Å²) in [6, 6.07) is 2.96. The Balaban J connectivity index is 1.77. The lowest BCUT2D eigenvalue weighted by molar-refractivity contribution is -0.136. The Morgan fingerprint density at radius 3 is 2.58 bits per heavy atom. The SMILES string of the molecule is O=C(O)CSCC(=O)N1CC[C@H]2NC(=O)N(c3ccc(F)cc3)C(=O)[C@@H]21. The molecule has 2 heterocycles. The lowest BCUT2D eigenvalue weighted by Gasteiger charge is -2.36.